The Morgan fingerprint density at radius 2 is 2.13 bits per heavy atom. The zero-order valence-corrected chi connectivity index (χ0v) is 17.7. The Labute approximate surface area is 176 Å². The number of carbonyl (C=O) groups is 1. The molecule has 2 aliphatic carbocycles. The van der Waals surface area contributed by atoms with Gasteiger partial charge < -0.3 is 10.2 Å². The normalized spacial score (nSPS) is 25.8. The van der Waals surface area contributed by atoms with Gasteiger partial charge >= 0.3 is 12.1 Å². The van der Waals surface area contributed by atoms with Gasteiger partial charge in [-0.3, -0.25) is 9.69 Å². The van der Waals surface area contributed by atoms with Crippen LogP contribution in [0.1, 0.15) is 45.4 Å². The zero-order chi connectivity index (χ0) is 21.9. The fourth-order valence-corrected chi connectivity index (χ4v) is 4.70. The third-order valence-electron chi connectivity index (χ3n) is 6.83. The molecule has 3 rings (SSSR count). The first-order chi connectivity index (χ1) is 14.2. The molecule has 8 heteroatoms. The minimum Gasteiger partial charge on any atom is -0.328 e. The summed E-state index contributed by atoms with van der Waals surface area (Å²) in [6.45, 7) is 3.78. The molecule has 3 unspecified atom stereocenters. The molecule has 3 atom stereocenters. The van der Waals surface area contributed by atoms with Crippen LogP contribution >= 0.6 is 0 Å². The van der Waals surface area contributed by atoms with Crippen molar-refractivity contribution in [3.8, 4) is 6.07 Å². The van der Waals surface area contributed by atoms with Gasteiger partial charge in [0.1, 0.15) is 0 Å². The number of likely N-dealkylation sites (N-methyl/N-ethyl adjacent to an activating group) is 1. The molecule has 1 amide bonds. The molecule has 30 heavy (non-hydrogen) atoms. The van der Waals surface area contributed by atoms with Crippen molar-refractivity contribution in [2.75, 3.05) is 26.7 Å². The number of nitriles is 1. The predicted molar refractivity (Wildman–Crippen MR) is 108 cm³/mol. The molecule has 0 aromatic heterocycles. The highest BCUT2D eigenvalue weighted by molar-refractivity contribution is 5.83. The highest BCUT2D eigenvalue weighted by Crippen LogP contribution is 2.45. The van der Waals surface area contributed by atoms with E-state index in [1.807, 2.05) is 26.1 Å². The van der Waals surface area contributed by atoms with E-state index in [2.05, 4.69) is 22.4 Å². The quantitative estimate of drug-likeness (QED) is 0.616. The Morgan fingerprint density at radius 1 is 1.40 bits per heavy atom. The van der Waals surface area contributed by atoms with Crippen molar-refractivity contribution >= 4 is 5.91 Å². The van der Waals surface area contributed by atoms with Crippen LogP contribution in [0.2, 0.25) is 0 Å². The summed E-state index contributed by atoms with van der Waals surface area (Å²) in [5.74, 6) is -1.72. The second kappa shape index (κ2) is 9.11. The number of amides is 1. The van der Waals surface area contributed by atoms with Gasteiger partial charge in [-0.15, -0.1) is 0 Å². The molecule has 0 aromatic rings. The monoisotopic (exact) mass is 424 g/mol. The topological polar surface area (TPSA) is 59.4 Å². The molecule has 1 heterocycles. The molecule has 1 aliphatic heterocycles. The van der Waals surface area contributed by atoms with Gasteiger partial charge in [0.05, 0.1) is 18.0 Å². The predicted octanol–water partition coefficient (Wildman–Crippen LogP) is 3.40. The van der Waals surface area contributed by atoms with Crippen molar-refractivity contribution in [3.05, 3.63) is 23.8 Å². The standard InChI is InChI=1S/C22H31F3N4O/c1-3-17(9-12-28(2)21(10-11-26)14-27-15-21)29(20(30)22(23,24)25)19-13-18(19)16-7-5-4-6-8-16/h5,7-8,17-19,27H,3-4,6,9-10,12-15H2,1-2H3. The average molecular weight is 425 g/mol. The van der Waals surface area contributed by atoms with E-state index in [0.717, 1.165) is 23.3 Å². The highest BCUT2D eigenvalue weighted by Gasteiger charge is 2.54. The van der Waals surface area contributed by atoms with Crippen molar-refractivity contribution in [2.24, 2.45) is 5.92 Å². The first-order valence-electron chi connectivity index (χ1n) is 10.8. The fraction of sp³-hybridized carbons (Fsp3) is 0.727. The van der Waals surface area contributed by atoms with Crippen molar-refractivity contribution < 1.29 is 18.0 Å². The van der Waals surface area contributed by atoms with Crippen LogP contribution in [0.3, 0.4) is 0 Å². The van der Waals surface area contributed by atoms with E-state index < -0.39 is 18.1 Å². The Bertz CT molecular complexity index is 736. The number of carbonyl (C=O) groups excluding carboxylic acids is 1. The van der Waals surface area contributed by atoms with E-state index in [0.29, 0.717) is 45.3 Å². The van der Waals surface area contributed by atoms with Gasteiger partial charge in [-0.1, -0.05) is 25.2 Å². The number of rotatable bonds is 9. The lowest BCUT2D eigenvalue weighted by atomic mass is 9.87. The third kappa shape index (κ3) is 4.73. The summed E-state index contributed by atoms with van der Waals surface area (Å²) < 4.78 is 40.3. The first-order valence-corrected chi connectivity index (χ1v) is 10.8. The molecule has 0 bridgehead atoms. The summed E-state index contributed by atoms with van der Waals surface area (Å²) in [6.07, 6.45) is 5.01. The van der Waals surface area contributed by atoms with Crippen LogP contribution in [0, 0.1) is 17.2 Å². The Kier molecular flexibility index (Phi) is 6.93. The summed E-state index contributed by atoms with van der Waals surface area (Å²) in [6, 6.07) is 1.35. The SMILES string of the molecule is CCC(CCN(C)C1(CC#N)CNC1)N(C(=O)C(F)(F)F)C1CC1C1=CCCC=C1. The Balaban J connectivity index is 1.71. The molecule has 0 radical (unpaired) electrons. The van der Waals surface area contributed by atoms with E-state index in [9.17, 15) is 18.0 Å². The zero-order valence-electron chi connectivity index (χ0n) is 17.7. The minimum atomic E-state index is -4.87. The van der Waals surface area contributed by atoms with Crippen molar-refractivity contribution in [1.82, 2.24) is 15.1 Å². The number of hydrogen-bond donors (Lipinski definition) is 1. The lowest BCUT2D eigenvalue weighted by molar-refractivity contribution is -0.189. The van der Waals surface area contributed by atoms with Gasteiger partial charge in [-0.2, -0.15) is 18.4 Å². The molecule has 0 aromatic carbocycles. The number of halogens is 3. The summed E-state index contributed by atoms with van der Waals surface area (Å²) >= 11 is 0. The number of nitrogens with zero attached hydrogens (tertiary/aromatic N) is 3. The maximum absolute atomic E-state index is 13.4. The lowest BCUT2D eigenvalue weighted by Crippen LogP contribution is -2.68. The molecule has 5 nitrogen and oxygen atoms in total. The van der Waals surface area contributed by atoms with Crippen molar-refractivity contribution in [3.63, 3.8) is 0 Å². The van der Waals surface area contributed by atoms with E-state index in [4.69, 9.17) is 5.26 Å². The van der Waals surface area contributed by atoms with Crippen LogP contribution in [0.15, 0.2) is 23.8 Å². The lowest BCUT2D eigenvalue weighted by Gasteiger charge is -2.48. The summed E-state index contributed by atoms with van der Waals surface area (Å²) in [7, 11) is 1.92. The molecule has 166 valence electrons. The molecule has 3 aliphatic rings. The van der Waals surface area contributed by atoms with Crippen LogP contribution < -0.4 is 5.32 Å². The molecule has 2 fully saturated rings. The second-order valence-electron chi connectivity index (χ2n) is 8.74. The maximum atomic E-state index is 13.4. The maximum Gasteiger partial charge on any atom is 0.471 e. The molecule has 1 saturated heterocycles. The van der Waals surface area contributed by atoms with Gasteiger partial charge in [0, 0.05) is 37.6 Å². The van der Waals surface area contributed by atoms with Gasteiger partial charge in [0.15, 0.2) is 0 Å². The fourth-order valence-electron chi connectivity index (χ4n) is 4.70. The molecule has 1 N–H and O–H groups in total. The number of nitrogens with one attached hydrogen (secondary N) is 1. The highest BCUT2D eigenvalue weighted by atomic mass is 19.4. The number of hydrogen-bond acceptors (Lipinski definition) is 4. The van der Waals surface area contributed by atoms with Gasteiger partial charge in [-0.05, 0) is 44.7 Å². The van der Waals surface area contributed by atoms with Crippen LogP contribution in [0.5, 0.6) is 0 Å². The molecular formula is C22H31F3N4O. The molecule has 0 spiro atoms. The van der Waals surface area contributed by atoms with Gasteiger partial charge in [0.25, 0.3) is 0 Å². The van der Waals surface area contributed by atoms with Gasteiger partial charge in [-0.25, -0.2) is 0 Å². The van der Waals surface area contributed by atoms with Crippen LogP contribution in [0.25, 0.3) is 0 Å². The molecule has 1 saturated carbocycles. The number of alkyl halides is 3. The summed E-state index contributed by atoms with van der Waals surface area (Å²) in [5, 5.41) is 12.3. The van der Waals surface area contributed by atoms with E-state index in [1.54, 1.807) is 0 Å². The van der Waals surface area contributed by atoms with Crippen molar-refractivity contribution in [1.29, 1.82) is 5.26 Å². The molecular weight excluding hydrogens is 393 g/mol. The van der Waals surface area contributed by atoms with Crippen LogP contribution in [-0.4, -0.2) is 66.2 Å². The minimum absolute atomic E-state index is 0.000364. The Morgan fingerprint density at radius 3 is 2.63 bits per heavy atom. The largest absolute Gasteiger partial charge is 0.471 e. The smallest absolute Gasteiger partial charge is 0.328 e. The Hall–Kier alpha value is -1.85. The average Bonchev–Trinajstić information content (AvgIpc) is 3.47. The summed E-state index contributed by atoms with van der Waals surface area (Å²) in [4.78, 5) is 15.6. The van der Waals surface area contributed by atoms with Crippen LogP contribution in [-0.2, 0) is 4.79 Å². The second-order valence-corrected chi connectivity index (χ2v) is 8.74. The first kappa shape index (κ1) is 22.8. The third-order valence-corrected chi connectivity index (χ3v) is 6.83. The van der Waals surface area contributed by atoms with Crippen LogP contribution in [0.4, 0.5) is 13.2 Å². The van der Waals surface area contributed by atoms with E-state index in [-0.39, 0.29) is 17.5 Å². The van der Waals surface area contributed by atoms with E-state index in [1.165, 1.54) is 0 Å². The van der Waals surface area contributed by atoms with Gasteiger partial charge in [0.2, 0.25) is 0 Å². The summed E-state index contributed by atoms with van der Waals surface area (Å²) in [5.41, 5.74) is 0.804. The van der Waals surface area contributed by atoms with Crippen molar-refractivity contribution in [2.45, 2.75) is 69.2 Å². The number of allylic oxidation sites excluding steroid dienone is 3. The van der Waals surface area contributed by atoms with E-state index >= 15 is 0 Å².